The number of benzene rings is 2. The van der Waals surface area contributed by atoms with Gasteiger partial charge in [0.25, 0.3) is 0 Å². The summed E-state index contributed by atoms with van der Waals surface area (Å²) in [4.78, 5) is 12.2. The van der Waals surface area contributed by atoms with Crippen molar-refractivity contribution in [1.29, 1.82) is 0 Å². The van der Waals surface area contributed by atoms with Crippen LogP contribution in [-0.2, 0) is 25.7 Å². The molecule has 0 radical (unpaired) electrons. The molecule has 128 valence electrons. The normalized spacial score (nSPS) is 10.5. The Kier molecular flexibility index (Phi) is 6.42. The Balaban J connectivity index is 2.23. The quantitative estimate of drug-likeness (QED) is 0.518. The van der Waals surface area contributed by atoms with E-state index < -0.39 is 6.16 Å². The van der Waals surface area contributed by atoms with Gasteiger partial charge in [0.1, 0.15) is 11.5 Å². The van der Waals surface area contributed by atoms with Crippen LogP contribution in [0.3, 0.4) is 0 Å². The van der Waals surface area contributed by atoms with Crippen molar-refractivity contribution in [2.75, 3.05) is 0 Å². The van der Waals surface area contributed by atoms with Crippen LogP contribution in [0.25, 0.3) is 0 Å². The van der Waals surface area contributed by atoms with Gasteiger partial charge in [0, 0.05) is 0 Å². The van der Waals surface area contributed by atoms with Gasteiger partial charge in [0.05, 0.1) is 0 Å². The van der Waals surface area contributed by atoms with Crippen molar-refractivity contribution in [1.82, 2.24) is 0 Å². The minimum Gasteiger partial charge on any atom is -0.394 e. The summed E-state index contributed by atoms with van der Waals surface area (Å²) >= 11 is 0. The molecule has 0 aliphatic rings. The van der Waals surface area contributed by atoms with Crippen molar-refractivity contribution in [2.45, 2.75) is 53.4 Å². The Morgan fingerprint density at radius 1 is 0.708 bits per heavy atom. The molecule has 0 saturated carbocycles. The van der Waals surface area contributed by atoms with E-state index >= 15 is 0 Å². The third kappa shape index (κ3) is 3.97. The van der Waals surface area contributed by atoms with E-state index in [1.54, 1.807) is 6.07 Å². The molecule has 24 heavy (non-hydrogen) atoms. The van der Waals surface area contributed by atoms with Crippen molar-refractivity contribution in [3.63, 3.8) is 0 Å². The molecule has 0 N–H and O–H groups in total. The van der Waals surface area contributed by atoms with Crippen LogP contribution in [0.15, 0.2) is 36.4 Å². The van der Waals surface area contributed by atoms with Crippen LogP contribution in [0.5, 0.6) is 11.5 Å². The molecule has 0 unspecified atom stereocenters. The Bertz CT molecular complexity index is 704. The van der Waals surface area contributed by atoms with Crippen molar-refractivity contribution in [3.8, 4) is 11.5 Å². The van der Waals surface area contributed by atoms with E-state index in [9.17, 15) is 4.79 Å². The van der Waals surface area contributed by atoms with Gasteiger partial charge in [-0.3, -0.25) is 0 Å². The molecule has 0 heterocycles. The molecule has 0 fully saturated rings. The molecule has 3 heteroatoms. The summed E-state index contributed by atoms with van der Waals surface area (Å²) in [5, 5.41) is 0. The monoisotopic (exact) mass is 326 g/mol. The largest absolute Gasteiger partial charge is 0.519 e. The van der Waals surface area contributed by atoms with E-state index in [0.717, 1.165) is 36.8 Å². The minimum atomic E-state index is -0.683. The van der Waals surface area contributed by atoms with E-state index in [1.807, 2.05) is 37.3 Å². The number of para-hydroxylation sites is 1. The van der Waals surface area contributed by atoms with Crippen LogP contribution >= 0.6 is 0 Å². The molecule has 0 saturated heterocycles. The third-order valence-electron chi connectivity index (χ3n) is 4.31. The zero-order valence-electron chi connectivity index (χ0n) is 15.0. The lowest BCUT2D eigenvalue weighted by molar-refractivity contribution is 0.151. The van der Waals surface area contributed by atoms with Gasteiger partial charge in [-0.05, 0) is 60.1 Å². The molecule has 0 aliphatic heterocycles. The Labute approximate surface area is 144 Å². The van der Waals surface area contributed by atoms with Gasteiger partial charge in [-0.15, -0.1) is 0 Å². The first-order valence-electron chi connectivity index (χ1n) is 8.75. The summed E-state index contributed by atoms with van der Waals surface area (Å²) in [6.07, 6.45) is 2.85. The van der Waals surface area contributed by atoms with Crippen LogP contribution in [0.2, 0.25) is 0 Å². The predicted molar refractivity (Wildman–Crippen MR) is 97.0 cm³/mol. The van der Waals surface area contributed by atoms with Gasteiger partial charge in [-0.1, -0.05) is 52.0 Å². The second-order valence-corrected chi connectivity index (χ2v) is 5.66. The molecule has 0 bridgehead atoms. The molecule has 2 rings (SSSR count). The van der Waals surface area contributed by atoms with E-state index in [0.29, 0.717) is 11.5 Å². The molecule has 0 aliphatic carbocycles. The molecule has 0 atom stereocenters. The second-order valence-electron chi connectivity index (χ2n) is 5.66. The standard InChI is InChI=1S/C21H26O3/c1-5-15-13-14-20(18(8-4)17(15)7-3)24-21(22)23-19-12-10-9-11-16(19)6-2/h9-14H,5-8H2,1-4H3. The fourth-order valence-corrected chi connectivity index (χ4v) is 3.07. The predicted octanol–water partition coefficient (Wildman–Crippen LogP) is 5.51. The highest BCUT2D eigenvalue weighted by atomic mass is 16.7. The van der Waals surface area contributed by atoms with E-state index in [1.165, 1.54) is 11.1 Å². The molecule has 0 spiro atoms. The number of hydrogen-bond acceptors (Lipinski definition) is 3. The molecular formula is C21H26O3. The summed E-state index contributed by atoms with van der Waals surface area (Å²) in [7, 11) is 0. The fraction of sp³-hybridized carbons (Fsp3) is 0.381. The maximum atomic E-state index is 12.2. The van der Waals surface area contributed by atoms with Crippen LogP contribution in [-0.4, -0.2) is 6.16 Å². The van der Waals surface area contributed by atoms with Gasteiger partial charge in [0.15, 0.2) is 0 Å². The summed E-state index contributed by atoms with van der Waals surface area (Å²) in [6.45, 7) is 8.38. The van der Waals surface area contributed by atoms with Crippen LogP contribution in [0.1, 0.15) is 49.9 Å². The number of rotatable bonds is 6. The zero-order chi connectivity index (χ0) is 17.5. The summed E-state index contributed by atoms with van der Waals surface area (Å²) in [5.74, 6) is 1.16. The molecule has 3 nitrogen and oxygen atoms in total. The zero-order valence-corrected chi connectivity index (χ0v) is 15.0. The molecule has 0 aromatic heterocycles. The molecule has 2 aromatic carbocycles. The van der Waals surface area contributed by atoms with Crippen molar-refractivity contribution >= 4 is 6.16 Å². The lowest BCUT2D eigenvalue weighted by Gasteiger charge is -2.16. The van der Waals surface area contributed by atoms with Gasteiger partial charge in [-0.2, -0.15) is 0 Å². The smallest absolute Gasteiger partial charge is 0.394 e. The third-order valence-corrected chi connectivity index (χ3v) is 4.31. The first kappa shape index (κ1) is 18.1. The van der Waals surface area contributed by atoms with Crippen molar-refractivity contribution in [2.24, 2.45) is 0 Å². The van der Waals surface area contributed by atoms with Crippen LogP contribution in [0, 0.1) is 0 Å². The van der Waals surface area contributed by atoms with Gasteiger partial charge < -0.3 is 9.47 Å². The number of ether oxygens (including phenoxy) is 2. The van der Waals surface area contributed by atoms with Gasteiger partial charge in [-0.25, -0.2) is 4.79 Å². The van der Waals surface area contributed by atoms with Crippen LogP contribution < -0.4 is 9.47 Å². The Morgan fingerprint density at radius 3 is 1.96 bits per heavy atom. The fourth-order valence-electron chi connectivity index (χ4n) is 3.07. The second kappa shape index (κ2) is 8.53. The lowest BCUT2D eigenvalue weighted by Crippen LogP contribution is -2.16. The highest BCUT2D eigenvalue weighted by molar-refractivity contribution is 5.68. The number of aryl methyl sites for hydroxylation is 2. The maximum Gasteiger partial charge on any atom is 0.519 e. The first-order valence-corrected chi connectivity index (χ1v) is 8.75. The minimum absolute atomic E-state index is 0.559. The number of hydrogen-bond donors (Lipinski definition) is 0. The first-order chi connectivity index (χ1) is 11.6. The Hall–Kier alpha value is -2.29. The SMILES string of the molecule is CCc1ccccc1OC(=O)Oc1ccc(CC)c(CC)c1CC. The van der Waals surface area contributed by atoms with Gasteiger partial charge in [0.2, 0.25) is 0 Å². The van der Waals surface area contributed by atoms with E-state index in [2.05, 4.69) is 20.8 Å². The lowest BCUT2D eigenvalue weighted by atomic mass is 9.95. The summed E-state index contributed by atoms with van der Waals surface area (Å²) < 4.78 is 10.9. The highest BCUT2D eigenvalue weighted by Crippen LogP contribution is 2.28. The summed E-state index contributed by atoms with van der Waals surface area (Å²) in [5.41, 5.74) is 4.67. The van der Waals surface area contributed by atoms with Gasteiger partial charge >= 0.3 is 6.16 Å². The maximum absolute atomic E-state index is 12.2. The number of carbonyl (C=O) groups is 1. The number of carbonyl (C=O) groups excluding carboxylic acids is 1. The van der Waals surface area contributed by atoms with E-state index in [-0.39, 0.29) is 0 Å². The molecular weight excluding hydrogens is 300 g/mol. The molecule has 2 aromatic rings. The van der Waals surface area contributed by atoms with Crippen molar-refractivity contribution < 1.29 is 14.3 Å². The molecule has 0 amide bonds. The highest BCUT2D eigenvalue weighted by Gasteiger charge is 2.16. The average Bonchev–Trinajstić information content (AvgIpc) is 2.61. The Morgan fingerprint density at radius 2 is 1.33 bits per heavy atom. The van der Waals surface area contributed by atoms with Crippen LogP contribution in [0.4, 0.5) is 4.79 Å². The van der Waals surface area contributed by atoms with Crippen molar-refractivity contribution in [3.05, 3.63) is 58.7 Å². The topological polar surface area (TPSA) is 35.5 Å². The average molecular weight is 326 g/mol. The van der Waals surface area contributed by atoms with E-state index in [4.69, 9.17) is 9.47 Å². The summed E-state index contributed by atoms with van der Waals surface area (Å²) in [6, 6.07) is 11.4.